The van der Waals surface area contributed by atoms with Crippen LogP contribution in [0.1, 0.15) is 99.3 Å². The lowest BCUT2D eigenvalue weighted by molar-refractivity contribution is -0.155. The summed E-state index contributed by atoms with van der Waals surface area (Å²) in [5.41, 5.74) is 0.446. The lowest BCUT2D eigenvalue weighted by Crippen LogP contribution is -2.55. The highest BCUT2D eigenvalue weighted by Crippen LogP contribution is 2.68. The molecule has 4 aliphatic rings. The van der Waals surface area contributed by atoms with E-state index >= 15 is 0 Å². The first-order chi connectivity index (χ1) is 14.5. The van der Waals surface area contributed by atoms with Crippen molar-refractivity contribution in [3.05, 3.63) is 0 Å². The van der Waals surface area contributed by atoms with Crippen LogP contribution in [0.4, 0.5) is 0 Å². The molecule has 4 nitrogen and oxygen atoms in total. The van der Waals surface area contributed by atoms with Gasteiger partial charge in [-0.2, -0.15) is 0 Å². The molecule has 0 heterocycles. The van der Waals surface area contributed by atoms with Gasteiger partial charge in [-0.3, -0.25) is 9.59 Å². The van der Waals surface area contributed by atoms with Crippen molar-refractivity contribution < 1.29 is 14.7 Å². The first-order valence-electron chi connectivity index (χ1n) is 13.1. The summed E-state index contributed by atoms with van der Waals surface area (Å²) in [5, 5.41) is 9.57. The van der Waals surface area contributed by atoms with Gasteiger partial charge in [-0.1, -0.05) is 13.8 Å². The summed E-state index contributed by atoms with van der Waals surface area (Å²) in [6.45, 7) is 13.5. The normalized spacial score (nSPS) is 44.5. The second kappa shape index (κ2) is 8.06. The highest BCUT2D eigenvalue weighted by molar-refractivity contribution is 5.80. The van der Waals surface area contributed by atoms with Crippen molar-refractivity contribution in [3.63, 3.8) is 0 Å². The van der Waals surface area contributed by atoms with Crippen molar-refractivity contribution in [3.8, 4) is 0 Å². The summed E-state index contributed by atoms with van der Waals surface area (Å²) in [4.78, 5) is 27.5. The number of amides is 1. The Balaban J connectivity index is 1.55. The third kappa shape index (κ3) is 3.55. The lowest BCUT2D eigenvalue weighted by Gasteiger charge is -2.61. The zero-order valence-electron chi connectivity index (χ0n) is 20.7. The Morgan fingerprint density at radius 1 is 0.839 bits per heavy atom. The molecule has 8 atom stereocenters. The van der Waals surface area contributed by atoms with E-state index in [1.54, 1.807) is 0 Å². The van der Waals surface area contributed by atoms with Gasteiger partial charge in [0.25, 0.3) is 0 Å². The summed E-state index contributed by atoms with van der Waals surface area (Å²) < 4.78 is 0. The Labute approximate surface area is 189 Å². The highest BCUT2D eigenvalue weighted by atomic mass is 16.4. The fourth-order valence-electron chi connectivity index (χ4n) is 9.17. The van der Waals surface area contributed by atoms with Crippen molar-refractivity contribution in [2.75, 3.05) is 0 Å². The monoisotopic (exact) mass is 431 g/mol. The number of nitrogens with zero attached hydrogens (tertiary/aromatic N) is 1. The Bertz CT molecular complexity index is 709. The zero-order valence-corrected chi connectivity index (χ0v) is 20.7. The molecule has 0 spiro atoms. The molecule has 0 aromatic rings. The van der Waals surface area contributed by atoms with Crippen molar-refractivity contribution in [2.24, 2.45) is 46.3 Å². The minimum absolute atomic E-state index is 0.130. The second-order valence-electron chi connectivity index (χ2n) is 12.6. The summed E-state index contributed by atoms with van der Waals surface area (Å²) in [5.74, 6) is 2.55. The molecule has 0 bridgehead atoms. The summed E-state index contributed by atoms with van der Waals surface area (Å²) >= 11 is 0. The Kier molecular flexibility index (Phi) is 6.01. The molecular formula is C27H45NO3. The van der Waals surface area contributed by atoms with E-state index in [0.29, 0.717) is 23.2 Å². The number of fused-ring (bicyclic) bond motifs is 5. The first-order valence-corrected chi connectivity index (χ1v) is 13.1. The fourth-order valence-corrected chi connectivity index (χ4v) is 9.17. The average molecular weight is 432 g/mol. The maximum absolute atomic E-state index is 13.7. The number of aliphatic carboxylic acids is 1. The van der Waals surface area contributed by atoms with Gasteiger partial charge in [0.15, 0.2) is 0 Å². The summed E-state index contributed by atoms with van der Waals surface area (Å²) in [6, 6.07) is 0.510. The van der Waals surface area contributed by atoms with Gasteiger partial charge < -0.3 is 10.0 Å². The molecular weight excluding hydrogens is 386 g/mol. The minimum atomic E-state index is -0.586. The molecule has 31 heavy (non-hydrogen) atoms. The van der Waals surface area contributed by atoms with E-state index in [1.165, 1.54) is 32.1 Å². The average Bonchev–Trinajstić information content (AvgIpc) is 3.03. The van der Waals surface area contributed by atoms with Crippen LogP contribution >= 0.6 is 0 Å². The van der Waals surface area contributed by atoms with E-state index in [9.17, 15) is 14.7 Å². The molecule has 1 N–H and O–H groups in total. The standard InChI is InChI=1S/C27H45NO3/c1-16(2)28(17(3)4)24(29)23-10-9-21-20-8-7-19-15-18(25(30)31)11-13-26(19,5)22(20)12-14-27(21,23)6/h16-23H,7-15H2,1-6H3,(H,30,31)/t18-,19?,20-,21-,22-,23+,26-,27-/m0/s1. The molecule has 0 aromatic heterocycles. The Hall–Kier alpha value is -1.06. The van der Waals surface area contributed by atoms with Gasteiger partial charge in [0.05, 0.1) is 5.92 Å². The van der Waals surface area contributed by atoms with E-state index < -0.39 is 5.97 Å². The van der Waals surface area contributed by atoms with Crippen molar-refractivity contribution in [1.29, 1.82) is 0 Å². The van der Waals surface area contributed by atoms with Crippen LogP contribution in [0.15, 0.2) is 0 Å². The molecule has 1 amide bonds. The van der Waals surface area contributed by atoms with Gasteiger partial charge in [-0.15, -0.1) is 0 Å². The molecule has 0 radical (unpaired) electrons. The smallest absolute Gasteiger partial charge is 0.306 e. The molecule has 4 saturated carbocycles. The maximum Gasteiger partial charge on any atom is 0.306 e. The first kappa shape index (κ1) is 23.1. The molecule has 0 aliphatic heterocycles. The molecule has 1 unspecified atom stereocenters. The molecule has 4 rings (SSSR count). The summed E-state index contributed by atoms with van der Waals surface area (Å²) in [6.07, 6.45) is 9.92. The fraction of sp³-hybridized carbons (Fsp3) is 0.926. The topological polar surface area (TPSA) is 57.6 Å². The van der Waals surface area contributed by atoms with Crippen LogP contribution in [0.2, 0.25) is 0 Å². The lowest BCUT2D eigenvalue weighted by atomic mass is 9.44. The van der Waals surface area contributed by atoms with Gasteiger partial charge in [-0.25, -0.2) is 0 Å². The Morgan fingerprint density at radius 3 is 2.06 bits per heavy atom. The minimum Gasteiger partial charge on any atom is -0.481 e. The number of carbonyl (C=O) groups excluding carboxylic acids is 1. The number of rotatable bonds is 4. The van der Waals surface area contributed by atoms with Gasteiger partial charge in [-0.05, 0) is 120 Å². The van der Waals surface area contributed by atoms with Crippen molar-refractivity contribution in [2.45, 2.75) is 111 Å². The third-order valence-corrected chi connectivity index (χ3v) is 10.7. The molecule has 0 aromatic carbocycles. The maximum atomic E-state index is 13.7. The number of carboxylic acid groups (broad SMARTS) is 1. The van der Waals surface area contributed by atoms with Crippen LogP contribution in [-0.2, 0) is 9.59 Å². The largest absolute Gasteiger partial charge is 0.481 e. The quantitative estimate of drug-likeness (QED) is 0.594. The van der Waals surface area contributed by atoms with E-state index in [1.807, 2.05) is 0 Å². The zero-order chi connectivity index (χ0) is 22.7. The summed E-state index contributed by atoms with van der Waals surface area (Å²) in [7, 11) is 0. The SMILES string of the molecule is CC(C)N(C(=O)[C@H]1CC[C@H]2[C@@H]3CCC4C[C@@H](C(=O)O)CC[C@]4(C)[C@H]3CC[C@]12C)C(C)C. The van der Waals surface area contributed by atoms with Gasteiger partial charge >= 0.3 is 5.97 Å². The number of carbonyl (C=O) groups is 2. The number of hydrogen-bond acceptors (Lipinski definition) is 2. The molecule has 0 saturated heterocycles. The molecule has 176 valence electrons. The van der Waals surface area contributed by atoms with E-state index in [4.69, 9.17) is 0 Å². The number of carboxylic acids is 1. The van der Waals surface area contributed by atoms with Gasteiger partial charge in [0, 0.05) is 18.0 Å². The third-order valence-electron chi connectivity index (χ3n) is 10.7. The molecule has 4 aliphatic carbocycles. The highest BCUT2D eigenvalue weighted by Gasteiger charge is 2.61. The second-order valence-corrected chi connectivity index (χ2v) is 12.6. The van der Waals surface area contributed by atoms with Crippen LogP contribution in [0.25, 0.3) is 0 Å². The van der Waals surface area contributed by atoms with Crippen LogP contribution in [0.5, 0.6) is 0 Å². The van der Waals surface area contributed by atoms with E-state index in [0.717, 1.165) is 37.5 Å². The van der Waals surface area contributed by atoms with E-state index in [2.05, 4.69) is 46.4 Å². The van der Waals surface area contributed by atoms with Crippen LogP contribution in [0.3, 0.4) is 0 Å². The predicted molar refractivity (Wildman–Crippen MR) is 123 cm³/mol. The van der Waals surface area contributed by atoms with Gasteiger partial charge in [0.2, 0.25) is 5.91 Å². The van der Waals surface area contributed by atoms with Crippen LogP contribution < -0.4 is 0 Å². The number of hydrogen-bond donors (Lipinski definition) is 1. The van der Waals surface area contributed by atoms with Crippen LogP contribution in [-0.4, -0.2) is 34.0 Å². The Morgan fingerprint density at radius 2 is 1.45 bits per heavy atom. The predicted octanol–water partition coefficient (Wildman–Crippen LogP) is 5.99. The van der Waals surface area contributed by atoms with Crippen molar-refractivity contribution in [1.82, 2.24) is 4.90 Å². The van der Waals surface area contributed by atoms with Gasteiger partial charge in [0.1, 0.15) is 0 Å². The van der Waals surface area contributed by atoms with Crippen LogP contribution in [0, 0.1) is 46.3 Å². The van der Waals surface area contributed by atoms with E-state index in [-0.39, 0.29) is 29.3 Å². The molecule has 4 fully saturated rings. The molecule has 4 heteroatoms. The van der Waals surface area contributed by atoms with Crippen molar-refractivity contribution >= 4 is 11.9 Å².